The molecule has 1 aliphatic rings. The molecule has 2 aromatic heterocycles. The number of nitrogens with two attached hydrogens (primary N) is 1. The maximum absolute atomic E-state index is 10.2. The van der Waals surface area contributed by atoms with Crippen LogP contribution in [0.1, 0.15) is 31.7 Å². The van der Waals surface area contributed by atoms with E-state index in [1.54, 1.807) is 13.1 Å². The number of nitrogens with one attached hydrogen (secondary N) is 3. The number of aliphatic imine (C=N–C) groups is 1. The van der Waals surface area contributed by atoms with Crippen molar-refractivity contribution in [2.75, 3.05) is 43.9 Å². The molecular weight excluding hydrogens is 368 g/mol. The standard InChI is InChI=1S/C20H32N8O/c1-13(2)16-11-26-28-19(25-10-15(22-3)4-6-21)8-18(27-20(16)28)24-9-14-5-7-23-12-17(14)29/h4,6,8,11,13-14,17,23,25,29H,5,7,9-10,12,21H2,1-3H3,(H,24,27)/t14-,17+/m1/s1. The Morgan fingerprint density at radius 1 is 1.48 bits per heavy atom. The Morgan fingerprint density at radius 2 is 2.31 bits per heavy atom. The van der Waals surface area contributed by atoms with Gasteiger partial charge < -0.3 is 26.8 Å². The van der Waals surface area contributed by atoms with E-state index in [2.05, 4.69) is 39.9 Å². The minimum atomic E-state index is -0.342. The second kappa shape index (κ2) is 9.71. The lowest BCUT2D eigenvalue weighted by molar-refractivity contribution is 0.0883. The predicted molar refractivity (Wildman–Crippen MR) is 118 cm³/mol. The van der Waals surface area contributed by atoms with Crippen molar-refractivity contribution in [3.05, 3.63) is 30.1 Å². The van der Waals surface area contributed by atoms with Gasteiger partial charge in [-0.2, -0.15) is 9.61 Å². The van der Waals surface area contributed by atoms with Gasteiger partial charge >= 0.3 is 0 Å². The largest absolute Gasteiger partial charge is 0.405 e. The summed E-state index contributed by atoms with van der Waals surface area (Å²) in [7, 11) is 1.74. The number of fused-ring (bicyclic) bond motifs is 1. The Hall–Kier alpha value is -2.65. The van der Waals surface area contributed by atoms with E-state index in [0.29, 0.717) is 25.6 Å². The summed E-state index contributed by atoms with van der Waals surface area (Å²) in [5.74, 6) is 2.09. The fourth-order valence-electron chi connectivity index (χ4n) is 3.48. The summed E-state index contributed by atoms with van der Waals surface area (Å²) in [4.78, 5) is 9.03. The lowest BCUT2D eigenvalue weighted by atomic mass is 9.95. The van der Waals surface area contributed by atoms with Crippen molar-refractivity contribution >= 4 is 23.0 Å². The summed E-state index contributed by atoms with van der Waals surface area (Å²) in [5.41, 5.74) is 8.24. The third kappa shape index (κ3) is 5.04. The third-order valence-corrected chi connectivity index (χ3v) is 5.28. The molecule has 0 radical (unpaired) electrons. The van der Waals surface area contributed by atoms with Gasteiger partial charge in [-0.05, 0) is 31.2 Å². The zero-order valence-corrected chi connectivity index (χ0v) is 17.4. The second-order valence-corrected chi connectivity index (χ2v) is 7.65. The van der Waals surface area contributed by atoms with E-state index in [1.807, 2.05) is 16.8 Å². The van der Waals surface area contributed by atoms with Gasteiger partial charge in [0, 0.05) is 37.7 Å². The molecule has 1 aliphatic heterocycles. The highest BCUT2D eigenvalue weighted by molar-refractivity contribution is 5.97. The Kier molecular flexibility index (Phi) is 7.05. The van der Waals surface area contributed by atoms with Gasteiger partial charge in [-0.15, -0.1) is 0 Å². The molecule has 2 aromatic rings. The van der Waals surface area contributed by atoms with Gasteiger partial charge in [-0.25, -0.2) is 4.98 Å². The predicted octanol–water partition coefficient (Wildman–Crippen LogP) is 1.19. The number of piperidine rings is 1. The minimum absolute atomic E-state index is 0.202. The lowest BCUT2D eigenvalue weighted by Crippen LogP contribution is -2.43. The SMILES string of the molecule is CN=C(C=CN)CNc1cc(NC[C@H]2CCNC[C@@H]2O)nc2c(C(C)C)cnn12. The average molecular weight is 401 g/mol. The van der Waals surface area contributed by atoms with Crippen LogP contribution in [0.2, 0.25) is 0 Å². The van der Waals surface area contributed by atoms with Crippen LogP contribution in [-0.2, 0) is 0 Å². The van der Waals surface area contributed by atoms with E-state index >= 15 is 0 Å². The van der Waals surface area contributed by atoms with Crippen LogP contribution < -0.4 is 21.7 Å². The molecule has 158 valence electrons. The monoisotopic (exact) mass is 400 g/mol. The second-order valence-electron chi connectivity index (χ2n) is 7.65. The summed E-state index contributed by atoms with van der Waals surface area (Å²) in [6.07, 6.45) is 5.71. The molecule has 9 heteroatoms. The number of hydrogen-bond acceptors (Lipinski definition) is 8. The molecule has 0 aromatic carbocycles. The molecule has 9 nitrogen and oxygen atoms in total. The molecule has 0 saturated carbocycles. The minimum Gasteiger partial charge on any atom is -0.405 e. The first-order chi connectivity index (χ1) is 14.0. The molecule has 3 rings (SSSR count). The molecule has 2 atom stereocenters. The summed E-state index contributed by atoms with van der Waals surface area (Å²) < 4.78 is 1.82. The van der Waals surface area contributed by atoms with Crippen molar-refractivity contribution in [3.8, 4) is 0 Å². The van der Waals surface area contributed by atoms with Gasteiger partial charge in [0.2, 0.25) is 0 Å². The van der Waals surface area contributed by atoms with Gasteiger partial charge in [0.05, 0.1) is 24.6 Å². The van der Waals surface area contributed by atoms with Crippen LogP contribution in [0.4, 0.5) is 11.6 Å². The van der Waals surface area contributed by atoms with Gasteiger partial charge in [0.15, 0.2) is 5.65 Å². The van der Waals surface area contributed by atoms with Crippen molar-refractivity contribution in [2.45, 2.75) is 32.3 Å². The average Bonchev–Trinajstić information content (AvgIpc) is 3.14. The van der Waals surface area contributed by atoms with Gasteiger partial charge in [-0.1, -0.05) is 13.8 Å². The molecule has 29 heavy (non-hydrogen) atoms. The fourth-order valence-corrected chi connectivity index (χ4v) is 3.48. The molecule has 0 bridgehead atoms. The summed E-state index contributed by atoms with van der Waals surface area (Å²) >= 11 is 0. The first-order valence-corrected chi connectivity index (χ1v) is 10.1. The van der Waals surface area contributed by atoms with Crippen LogP contribution in [0.3, 0.4) is 0 Å². The Bertz CT molecular complexity index is 873. The number of aliphatic hydroxyl groups excluding tert-OH is 1. The zero-order valence-electron chi connectivity index (χ0n) is 17.4. The summed E-state index contributed by atoms with van der Waals surface area (Å²) in [6.45, 7) is 7.02. The number of anilines is 2. The van der Waals surface area contributed by atoms with Crippen molar-refractivity contribution in [1.82, 2.24) is 19.9 Å². The summed E-state index contributed by atoms with van der Waals surface area (Å²) in [5, 5.41) is 24.7. The molecule has 0 spiro atoms. The molecule has 0 amide bonds. The van der Waals surface area contributed by atoms with E-state index in [0.717, 1.165) is 41.5 Å². The number of β-amino-alcohol motifs (C(OH)–C–C–N with tert-alkyl or cyclic N) is 1. The third-order valence-electron chi connectivity index (χ3n) is 5.28. The van der Waals surface area contributed by atoms with E-state index in [4.69, 9.17) is 10.7 Å². The Labute approximate surface area is 171 Å². The first kappa shape index (κ1) is 21.1. The summed E-state index contributed by atoms with van der Waals surface area (Å²) in [6, 6.07) is 1.94. The van der Waals surface area contributed by atoms with Crippen LogP contribution >= 0.6 is 0 Å². The Balaban J connectivity index is 1.85. The smallest absolute Gasteiger partial charge is 0.163 e. The van der Waals surface area contributed by atoms with Crippen molar-refractivity contribution in [3.63, 3.8) is 0 Å². The quantitative estimate of drug-likeness (QED) is 0.422. The highest BCUT2D eigenvalue weighted by Crippen LogP contribution is 2.24. The molecular formula is C20H32N8O. The number of aliphatic hydroxyl groups is 1. The molecule has 0 unspecified atom stereocenters. The van der Waals surface area contributed by atoms with E-state index in [1.165, 1.54) is 6.20 Å². The van der Waals surface area contributed by atoms with Gasteiger partial charge in [0.25, 0.3) is 0 Å². The fraction of sp³-hybridized carbons (Fsp3) is 0.550. The molecule has 1 fully saturated rings. The van der Waals surface area contributed by atoms with E-state index in [9.17, 15) is 5.11 Å². The van der Waals surface area contributed by atoms with Crippen molar-refractivity contribution < 1.29 is 5.11 Å². The van der Waals surface area contributed by atoms with Crippen molar-refractivity contribution in [1.29, 1.82) is 0 Å². The van der Waals surface area contributed by atoms with Gasteiger partial charge in [0.1, 0.15) is 11.6 Å². The maximum atomic E-state index is 10.2. The van der Waals surface area contributed by atoms with E-state index in [-0.39, 0.29) is 12.0 Å². The van der Waals surface area contributed by atoms with E-state index < -0.39 is 0 Å². The normalized spacial score (nSPS) is 20.7. The van der Waals surface area contributed by atoms with Crippen molar-refractivity contribution in [2.24, 2.45) is 16.6 Å². The van der Waals surface area contributed by atoms with Crippen LogP contribution in [0.5, 0.6) is 0 Å². The lowest BCUT2D eigenvalue weighted by Gasteiger charge is -2.28. The van der Waals surface area contributed by atoms with Crippen LogP contribution in [0.15, 0.2) is 29.5 Å². The highest BCUT2D eigenvalue weighted by Gasteiger charge is 2.23. The first-order valence-electron chi connectivity index (χ1n) is 10.1. The Morgan fingerprint density at radius 3 is 3.00 bits per heavy atom. The topological polar surface area (TPSA) is 125 Å². The number of aromatic nitrogens is 3. The van der Waals surface area contributed by atoms with Crippen LogP contribution in [0.25, 0.3) is 5.65 Å². The molecule has 0 aliphatic carbocycles. The molecule has 6 N–H and O–H groups in total. The molecule has 3 heterocycles. The highest BCUT2D eigenvalue weighted by atomic mass is 16.3. The maximum Gasteiger partial charge on any atom is 0.163 e. The number of hydrogen-bond donors (Lipinski definition) is 5. The number of nitrogens with zero attached hydrogens (tertiary/aromatic N) is 4. The zero-order chi connectivity index (χ0) is 20.8. The number of rotatable bonds is 8. The van der Waals surface area contributed by atoms with Gasteiger partial charge in [-0.3, -0.25) is 4.99 Å². The molecule has 1 saturated heterocycles. The van der Waals surface area contributed by atoms with Crippen LogP contribution in [0, 0.1) is 5.92 Å². The van der Waals surface area contributed by atoms with Crippen LogP contribution in [-0.4, -0.2) is 64.7 Å².